The summed E-state index contributed by atoms with van der Waals surface area (Å²) in [7, 11) is 0. The molecule has 4 heterocycles. The van der Waals surface area contributed by atoms with E-state index in [2.05, 4.69) is 136 Å². The molecule has 5 nitrogen and oxygen atoms in total. The normalized spacial score (nSPS) is 11.8. The van der Waals surface area contributed by atoms with Gasteiger partial charge in [-0.2, -0.15) is 0 Å². The summed E-state index contributed by atoms with van der Waals surface area (Å²) >= 11 is 0. The van der Waals surface area contributed by atoms with Gasteiger partial charge in [-0.3, -0.25) is 8.80 Å². The van der Waals surface area contributed by atoms with Gasteiger partial charge in [0.1, 0.15) is 22.8 Å². The zero-order valence-corrected chi connectivity index (χ0v) is 25.2. The number of fused-ring (bicyclic) bond motifs is 12. The van der Waals surface area contributed by atoms with Crippen molar-refractivity contribution in [3.63, 3.8) is 0 Å². The molecule has 0 amide bonds. The van der Waals surface area contributed by atoms with Crippen molar-refractivity contribution in [2.75, 3.05) is 0 Å². The van der Waals surface area contributed by atoms with Crippen LogP contribution in [0.3, 0.4) is 0 Å². The van der Waals surface area contributed by atoms with Crippen molar-refractivity contribution < 1.29 is 4.74 Å². The summed E-state index contributed by atoms with van der Waals surface area (Å²) in [4.78, 5) is 9.72. The SMILES string of the molecule is c1ccc(-c2ccc3c4ccc(Oc5ccc6c7ccccc7n7ccnc7c6c5)cc4c4ncc(-c5ccccc5)n4c3c2)cc1. The van der Waals surface area contributed by atoms with Crippen molar-refractivity contribution >= 4 is 54.6 Å². The monoisotopic (exact) mass is 602 g/mol. The number of imidazole rings is 2. The minimum atomic E-state index is 0.753. The molecule has 5 heteroatoms. The summed E-state index contributed by atoms with van der Waals surface area (Å²) in [5, 5.41) is 6.71. The highest BCUT2D eigenvalue weighted by Gasteiger charge is 2.17. The maximum absolute atomic E-state index is 6.59. The van der Waals surface area contributed by atoms with Crippen LogP contribution in [0.25, 0.3) is 77.0 Å². The topological polar surface area (TPSA) is 43.8 Å². The van der Waals surface area contributed by atoms with Crippen LogP contribution in [0, 0.1) is 0 Å². The van der Waals surface area contributed by atoms with Gasteiger partial charge >= 0.3 is 0 Å². The summed E-state index contributed by atoms with van der Waals surface area (Å²) in [6.07, 6.45) is 5.85. The number of aromatic nitrogens is 4. The molecule has 10 aromatic rings. The Hall–Kier alpha value is -6.46. The first-order chi connectivity index (χ1) is 23.3. The molecule has 0 N–H and O–H groups in total. The van der Waals surface area contributed by atoms with Gasteiger partial charge in [0.2, 0.25) is 0 Å². The molecule has 0 aliphatic carbocycles. The first kappa shape index (κ1) is 25.8. The average molecular weight is 603 g/mol. The number of benzene rings is 6. The van der Waals surface area contributed by atoms with Crippen LogP contribution >= 0.6 is 0 Å². The minimum Gasteiger partial charge on any atom is -0.457 e. The van der Waals surface area contributed by atoms with Gasteiger partial charge in [0.15, 0.2) is 0 Å². The maximum Gasteiger partial charge on any atom is 0.145 e. The second-order valence-electron chi connectivity index (χ2n) is 11.9. The molecule has 4 aromatic heterocycles. The molecule has 0 unspecified atom stereocenters. The number of ether oxygens (including phenoxy) is 1. The molecular formula is C42H26N4O. The second-order valence-corrected chi connectivity index (χ2v) is 11.9. The van der Waals surface area contributed by atoms with Gasteiger partial charge in [-0.05, 0) is 70.4 Å². The van der Waals surface area contributed by atoms with Gasteiger partial charge in [-0.15, -0.1) is 0 Å². The summed E-state index contributed by atoms with van der Waals surface area (Å²) in [5.74, 6) is 1.51. The van der Waals surface area contributed by atoms with Gasteiger partial charge in [0, 0.05) is 39.5 Å². The van der Waals surface area contributed by atoms with Crippen molar-refractivity contribution in [3.8, 4) is 33.9 Å². The lowest BCUT2D eigenvalue weighted by molar-refractivity contribution is 0.484. The lowest BCUT2D eigenvalue weighted by Gasteiger charge is -2.14. The molecule has 0 atom stereocenters. The zero-order chi connectivity index (χ0) is 30.9. The van der Waals surface area contributed by atoms with E-state index in [-0.39, 0.29) is 0 Å². The number of pyridine rings is 2. The van der Waals surface area contributed by atoms with E-state index in [1.165, 1.54) is 16.5 Å². The number of hydrogen-bond acceptors (Lipinski definition) is 3. The first-order valence-electron chi connectivity index (χ1n) is 15.7. The lowest BCUT2D eigenvalue weighted by Crippen LogP contribution is -1.95. The fourth-order valence-corrected chi connectivity index (χ4v) is 7.11. The molecule has 0 saturated heterocycles. The number of rotatable bonds is 4. The summed E-state index contributed by atoms with van der Waals surface area (Å²) in [6, 6.07) is 48.8. The Morgan fingerprint density at radius 1 is 0.447 bits per heavy atom. The van der Waals surface area contributed by atoms with Crippen LogP contribution in [0.2, 0.25) is 0 Å². The molecule has 0 radical (unpaired) electrons. The van der Waals surface area contributed by atoms with E-state index in [1.54, 1.807) is 0 Å². The minimum absolute atomic E-state index is 0.753. The molecule has 47 heavy (non-hydrogen) atoms. The highest BCUT2D eigenvalue weighted by molar-refractivity contribution is 6.14. The van der Waals surface area contributed by atoms with Crippen molar-refractivity contribution in [2.24, 2.45) is 0 Å². The van der Waals surface area contributed by atoms with Gasteiger partial charge < -0.3 is 4.74 Å². The lowest BCUT2D eigenvalue weighted by atomic mass is 10.00. The zero-order valence-electron chi connectivity index (χ0n) is 25.2. The predicted molar refractivity (Wildman–Crippen MR) is 191 cm³/mol. The van der Waals surface area contributed by atoms with Crippen LogP contribution in [0.15, 0.2) is 158 Å². The molecule has 10 rings (SSSR count). The van der Waals surface area contributed by atoms with Gasteiger partial charge in [0.05, 0.1) is 22.9 Å². The summed E-state index contributed by atoms with van der Waals surface area (Å²) in [5.41, 5.74) is 8.58. The van der Waals surface area contributed by atoms with E-state index in [4.69, 9.17) is 14.7 Å². The van der Waals surface area contributed by atoms with Crippen LogP contribution < -0.4 is 4.74 Å². The molecule has 0 bridgehead atoms. The van der Waals surface area contributed by atoms with Crippen LogP contribution in [-0.4, -0.2) is 18.8 Å². The van der Waals surface area contributed by atoms with Crippen molar-refractivity contribution in [1.82, 2.24) is 18.8 Å². The third-order valence-electron chi connectivity index (χ3n) is 9.26. The van der Waals surface area contributed by atoms with Crippen molar-refractivity contribution in [3.05, 3.63) is 158 Å². The van der Waals surface area contributed by atoms with Crippen molar-refractivity contribution in [2.45, 2.75) is 0 Å². The molecule has 0 aliphatic rings. The average Bonchev–Trinajstić information content (AvgIpc) is 3.82. The third kappa shape index (κ3) is 3.97. The highest BCUT2D eigenvalue weighted by Crippen LogP contribution is 2.38. The van der Waals surface area contributed by atoms with Gasteiger partial charge in [0.25, 0.3) is 0 Å². The van der Waals surface area contributed by atoms with E-state index in [0.29, 0.717) is 0 Å². The molecule has 6 aromatic carbocycles. The molecule has 0 fully saturated rings. The van der Waals surface area contributed by atoms with E-state index in [9.17, 15) is 0 Å². The number of para-hydroxylation sites is 1. The van der Waals surface area contributed by atoms with E-state index >= 15 is 0 Å². The number of nitrogens with zero attached hydrogens (tertiary/aromatic N) is 4. The summed E-state index contributed by atoms with van der Waals surface area (Å²) in [6.45, 7) is 0. The Labute approximate surface area is 269 Å². The van der Waals surface area contributed by atoms with Crippen LogP contribution in [0.1, 0.15) is 0 Å². The fraction of sp³-hybridized carbons (Fsp3) is 0. The van der Waals surface area contributed by atoms with E-state index < -0.39 is 0 Å². The van der Waals surface area contributed by atoms with Crippen LogP contribution in [0.5, 0.6) is 11.5 Å². The molecular weight excluding hydrogens is 576 g/mol. The van der Waals surface area contributed by atoms with Crippen molar-refractivity contribution in [1.29, 1.82) is 0 Å². The van der Waals surface area contributed by atoms with Gasteiger partial charge in [-0.25, -0.2) is 9.97 Å². The molecule has 220 valence electrons. The number of hydrogen-bond donors (Lipinski definition) is 0. The van der Waals surface area contributed by atoms with Gasteiger partial charge in [-0.1, -0.05) is 91.0 Å². The first-order valence-corrected chi connectivity index (χ1v) is 15.7. The predicted octanol–water partition coefficient (Wildman–Crippen LogP) is 10.7. The van der Waals surface area contributed by atoms with Crippen LogP contribution in [-0.2, 0) is 0 Å². The second kappa shape index (κ2) is 10.0. The quantitative estimate of drug-likeness (QED) is 0.188. The van der Waals surface area contributed by atoms with E-state index in [1.807, 2.05) is 30.7 Å². The van der Waals surface area contributed by atoms with Crippen LogP contribution in [0.4, 0.5) is 0 Å². The smallest absolute Gasteiger partial charge is 0.145 e. The summed E-state index contributed by atoms with van der Waals surface area (Å²) < 4.78 is 11.0. The van der Waals surface area contributed by atoms with E-state index in [0.717, 1.165) is 72.0 Å². The Morgan fingerprint density at radius 3 is 1.85 bits per heavy atom. The Balaban J connectivity index is 1.16. The maximum atomic E-state index is 6.59. The Bertz CT molecular complexity index is 2820. The molecule has 0 saturated carbocycles. The Morgan fingerprint density at radius 2 is 1.09 bits per heavy atom. The molecule has 0 aliphatic heterocycles. The largest absolute Gasteiger partial charge is 0.457 e. The third-order valence-corrected chi connectivity index (χ3v) is 9.26. The molecule has 0 spiro atoms. The standard InChI is InChI=1S/C42H26N4O/c1-3-9-27(10-4-1)29-15-18-35-33-20-17-31(25-37(33)42-44-26-40(46(42)39(35)23-29)28-11-5-2-6-12-28)47-30-16-19-32-34-13-7-8-14-38(34)45-22-21-43-41(45)36(32)24-30/h1-26H. The Kier molecular flexibility index (Phi) is 5.51. The fourth-order valence-electron chi connectivity index (χ4n) is 7.11. The highest BCUT2D eigenvalue weighted by atomic mass is 16.5.